The van der Waals surface area contributed by atoms with E-state index in [0.29, 0.717) is 12.8 Å². The van der Waals surface area contributed by atoms with Gasteiger partial charge in [-0.05, 0) is 12.8 Å². The Hall–Kier alpha value is -1.28. The lowest BCUT2D eigenvalue weighted by Crippen LogP contribution is -2.41. The van der Waals surface area contributed by atoms with Crippen molar-refractivity contribution in [3.05, 3.63) is 9.81 Å². The highest BCUT2D eigenvalue weighted by Gasteiger charge is 2.20. The Labute approximate surface area is 106 Å². The SMILES string of the molecule is CC[C@@H](CO)N(CCN(N=O)[C@@H](CC)CO)N=O. The molecule has 2 atom stereocenters. The van der Waals surface area contributed by atoms with E-state index in [-0.39, 0.29) is 38.4 Å². The van der Waals surface area contributed by atoms with E-state index in [9.17, 15) is 9.81 Å². The third-order valence-electron chi connectivity index (χ3n) is 2.97. The van der Waals surface area contributed by atoms with E-state index in [4.69, 9.17) is 10.2 Å². The molecule has 0 aliphatic rings. The van der Waals surface area contributed by atoms with Crippen LogP contribution < -0.4 is 0 Å². The van der Waals surface area contributed by atoms with Crippen molar-refractivity contribution in [1.29, 1.82) is 0 Å². The lowest BCUT2D eigenvalue weighted by molar-refractivity contribution is 0.0784. The van der Waals surface area contributed by atoms with Gasteiger partial charge in [0.15, 0.2) is 0 Å². The van der Waals surface area contributed by atoms with Crippen LogP contribution in [0.25, 0.3) is 0 Å². The van der Waals surface area contributed by atoms with Crippen LogP contribution in [0.15, 0.2) is 10.6 Å². The van der Waals surface area contributed by atoms with Gasteiger partial charge < -0.3 is 10.2 Å². The highest BCUT2D eigenvalue weighted by molar-refractivity contribution is 4.70. The maximum absolute atomic E-state index is 10.7. The smallest absolute Gasteiger partial charge is 0.0731 e. The summed E-state index contributed by atoms with van der Waals surface area (Å²) in [6, 6.07) is -0.713. The van der Waals surface area contributed by atoms with E-state index in [1.165, 1.54) is 10.0 Å². The van der Waals surface area contributed by atoms with Crippen LogP contribution in [0.2, 0.25) is 0 Å². The van der Waals surface area contributed by atoms with Crippen molar-refractivity contribution in [2.75, 3.05) is 26.3 Å². The van der Waals surface area contributed by atoms with Gasteiger partial charge in [0.05, 0.1) is 49.0 Å². The quantitative estimate of drug-likeness (QED) is 0.415. The average Bonchev–Trinajstić information content (AvgIpc) is 2.42. The van der Waals surface area contributed by atoms with E-state index in [1.807, 2.05) is 13.8 Å². The van der Waals surface area contributed by atoms with Crippen LogP contribution in [-0.2, 0) is 0 Å². The Morgan fingerprint density at radius 1 is 0.889 bits per heavy atom. The van der Waals surface area contributed by atoms with E-state index in [0.717, 1.165) is 0 Å². The first kappa shape index (κ1) is 16.7. The minimum absolute atomic E-state index is 0.173. The molecule has 0 rings (SSSR count). The second-order valence-corrected chi connectivity index (χ2v) is 3.98. The van der Waals surface area contributed by atoms with Gasteiger partial charge in [0.2, 0.25) is 0 Å². The Balaban J connectivity index is 4.39. The maximum atomic E-state index is 10.7. The summed E-state index contributed by atoms with van der Waals surface area (Å²) >= 11 is 0. The minimum Gasteiger partial charge on any atom is -0.394 e. The van der Waals surface area contributed by atoms with Crippen LogP contribution >= 0.6 is 0 Å². The molecule has 0 aromatic carbocycles. The molecule has 0 fully saturated rings. The molecule has 0 bridgehead atoms. The van der Waals surface area contributed by atoms with Crippen LogP contribution in [0.5, 0.6) is 0 Å². The molecule has 18 heavy (non-hydrogen) atoms. The fraction of sp³-hybridized carbons (Fsp3) is 1.00. The Morgan fingerprint density at radius 2 is 1.22 bits per heavy atom. The first-order valence-electron chi connectivity index (χ1n) is 6.09. The zero-order chi connectivity index (χ0) is 14.0. The summed E-state index contributed by atoms with van der Waals surface area (Å²) in [6.45, 7) is 3.69. The fourth-order valence-electron chi connectivity index (χ4n) is 1.65. The monoisotopic (exact) mass is 262 g/mol. The molecule has 106 valence electrons. The number of hydrogen-bond donors (Lipinski definition) is 2. The van der Waals surface area contributed by atoms with Crippen LogP contribution in [0.4, 0.5) is 0 Å². The van der Waals surface area contributed by atoms with Crippen LogP contribution in [-0.4, -0.2) is 58.6 Å². The molecule has 0 saturated heterocycles. The summed E-state index contributed by atoms with van der Waals surface area (Å²) in [5.74, 6) is 0. The number of hydrogen-bond acceptors (Lipinski definition) is 6. The van der Waals surface area contributed by atoms with Gasteiger partial charge in [-0.2, -0.15) is 0 Å². The zero-order valence-corrected chi connectivity index (χ0v) is 10.9. The molecule has 0 aliphatic carbocycles. The van der Waals surface area contributed by atoms with Crippen LogP contribution in [0.3, 0.4) is 0 Å². The van der Waals surface area contributed by atoms with Gasteiger partial charge >= 0.3 is 0 Å². The second kappa shape index (κ2) is 9.72. The second-order valence-electron chi connectivity index (χ2n) is 3.98. The Bertz CT molecular complexity index is 210. The van der Waals surface area contributed by atoms with Crippen molar-refractivity contribution >= 4 is 0 Å². The fourth-order valence-corrected chi connectivity index (χ4v) is 1.65. The third-order valence-corrected chi connectivity index (χ3v) is 2.97. The maximum Gasteiger partial charge on any atom is 0.0731 e. The summed E-state index contributed by atoms with van der Waals surface area (Å²) in [7, 11) is 0. The van der Waals surface area contributed by atoms with Gasteiger partial charge in [-0.1, -0.05) is 13.8 Å². The highest BCUT2D eigenvalue weighted by Crippen LogP contribution is 2.08. The normalized spacial score (nSPS) is 13.8. The molecule has 2 N–H and O–H groups in total. The molecule has 0 amide bonds. The van der Waals surface area contributed by atoms with E-state index >= 15 is 0 Å². The number of nitrogens with zero attached hydrogens (tertiary/aromatic N) is 4. The van der Waals surface area contributed by atoms with Crippen LogP contribution in [0.1, 0.15) is 26.7 Å². The van der Waals surface area contributed by atoms with Crippen molar-refractivity contribution in [3.8, 4) is 0 Å². The van der Waals surface area contributed by atoms with Crippen molar-refractivity contribution < 1.29 is 10.2 Å². The van der Waals surface area contributed by atoms with Gasteiger partial charge in [0.1, 0.15) is 0 Å². The number of nitroso groups, excluding NO2 is 2. The number of rotatable bonds is 11. The summed E-state index contributed by atoms with van der Waals surface area (Å²) in [4.78, 5) is 21.3. The number of aliphatic hydroxyl groups excluding tert-OH is 2. The Kier molecular flexibility index (Phi) is 9.03. The van der Waals surface area contributed by atoms with Gasteiger partial charge in [0, 0.05) is 0 Å². The highest BCUT2D eigenvalue weighted by atomic mass is 16.3. The molecule has 0 aromatic heterocycles. The molecule has 0 aromatic rings. The zero-order valence-electron chi connectivity index (χ0n) is 10.9. The molecule has 0 unspecified atom stereocenters. The first-order valence-corrected chi connectivity index (χ1v) is 6.09. The summed E-state index contributed by atoms with van der Waals surface area (Å²) < 4.78 is 0. The summed E-state index contributed by atoms with van der Waals surface area (Å²) in [6.07, 6.45) is 1.15. The summed E-state index contributed by atoms with van der Waals surface area (Å²) in [5, 5.41) is 26.2. The number of aliphatic hydroxyl groups is 2. The molecule has 0 spiro atoms. The molecule has 0 saturated carbocycles. The lowest BCUT2D eigenvalue weighted by Gasteiger charge is -2.28. The van der Waals surface area contributed by atoms with Gasteiger partial charge in [-0.25, -0.2) is 0 Å². The molecular weight excluding hydrogens is 240 g/mol. The molecule has 8 heteroatoms. The van der Waals surface area contributed by atoms with Crippen molar-refractivity contribution in [2.45, 2.75) is 38.8 Å². The van der Waals surface area contributed by atoms with Crippen molar-refractivity contribution in [3.63, 3.8) is 0 Å². The minimum atomic E-state index is -0.356. The van der Waals surface area contributed by atoms with E-state index in [1.54, 1.807) is 0 Å². The van der Waals surface area contributed by atoms with E-state index in [2.05, 4.69) is 10.6 Å². The topological polar surface area (TPSA) is 106 Å². The summed E-state index contributed by atoms with van der Waals surface area (Å²) in [5.41, 5.74) is 0. The lowest BCUT2D eigenvalue weighted by atomic mass is 10.2. The molecule has 8 nitrogen and oxygen atoms in total. The van der Waals surface area contributed by atoms with Gasteiger partial charge in [-0.15, -0.1) is 9.81 Å². The average molecular weight is 262 g/mol. The molecule has 0 aliphatic heterocycles. The van der Waals surface area contributed by atoms with Gasteiger partial charge in [-0.3, -0.25) is 10.0 Å². The van der Waals surface area contributed by atoms with E-state index < -0.39 is 0 Å². The predicted octanol–water partition coefficient (Wildman–Crippen LogP) is 0.495. The Morgan fingerprint density at radius 3 is 1.39 bits per heavy atom. The molecular formula is C10H22N4O4. The van der Waals surface area contributed by atoms with Gasteiger partial charge in [0.25, 0.3) is 0 Å². The first-order chi connectivity index (χ1) is 8.68. The third kappa shape index (κ3) is 4.92. The predicted molar refractivity (Wildman–Crippen MR) is 67.3 cm³/mol. The largest absolute Gasteiger partial charge is 0.394 e. The van der Waals surface area contributed by atoms with Crippen molar-refractivity contribution in [2.24, 2.45) is 10.6 Å². The van der Waals surface area contributed by atoms with Crippen molar-refractivity contribution in [1.82, 2.24) is 10.0 Å². The standard InChI is InChI=1S/C10H22N4O4/c1-3-9(7-15)13(11-17)5-6-14(12-18)10(4-2)8-16/h9-10,15-16H,3-8H2,1-2H3/t9-,10-/m0/s1. The van der Waals surface area contributed by atoms with Crippen LogP contribution in [0, 0.1) is 9.81 Å². The molecule has 0 heterocycles. The molecule has 0 radical (unpaired) electrons.